The average Bonchev–Trinajstić information content (AvgIpc) is 3.02. The Morgan fingerprint density at radius 2 is 1.78 bits per heavy atom. The molecule has 0 spiro atoms. The number of unbranched alkanes of at least 4 members (excludes halogenated alkanes) is 2. The minimum absolute atomic E-state index is 0.0648. The average molecular weight is 380 g/mol. The molecule has 152 valence electrons. The Morgan fingerprint density at radius 3 is 2.48 bits per heavy atom. The van der Waals surface area contributed by atoms with Crippen LogP contribution in [0.15, 0.2) is 0 Å². The highest BCUT2D eigenvalue weighted by molar-refractivity contribution is 5.90. The highest BCUT2D eigenvalue weighted by atomic mass is 16.2. The first-order valence-electron chi connectivity index (χ1n) is 10.0. The van der Waals surface area contributed by atoms with Crippen LogP contribution < -0.4 is 16.4 Å². The fourth-order valence-electron chi connectivity index (χ4n) is 4.32. The Morgan fingerprint density at radius 1 is 1.04 bits per heavy atom. The van der Waals surface area contributed by atoms with Gasteiger partial charge in [-0.2, -0.15) is 0 Å². The lowest BCUT2D eigenvalue weighted by molar-refractivity contribution is -0.139. The molecule has 1 aliphatic heterocycles. The lowest BCUT2D eigenvalue weighted by atomic mass is 9.84. The molecule has 3 unspecified atom stereocenters. The maximum atomic E-state index is 12.6. The van der Waals surface area contributed by atoms with Crippen LogP contribution in [-0.4, -0.2) is 53.7 Å². The number of likely N-dealkylation sites (tertiary alicyclic amines) is 1. The topological polar surface area (TPSA) is 122 Å². The van der Waals surface area contributed by atoms with Crippen LogP contribution in [0.2, 0.25) is 0 Å². The standard InChI is InChI=1S/C19H32N4O4/c1-13(24)23-15-8-5-4-7-14(15)11-16(23)19(27)22-12-18(26)21-10-6-2-3-9-17(20)25/h14-16H,2-12H2,1H3,(H2,20,25)(H,21,26)(H,22,27). The summed E-state index contributed by atoms with van der Waals surface area (Å²) in [6.07, 6.45) is 7.62. The van der Waals surface area contributed by atoms with Crippen molar-refractivity contribution in [2.75, 3.05) is 13.1 Å². The number of primary amides is 1. The van der Waals surface area contributed by atoms with E-state index in [0.717, 1.165) is 38.5 Å². The molecule has 1 saturated carbocycles. The van der Waals surface area contributed by atoms with E-state index in [9.17, 15) is 19.2 Å². The summed E-state index contributed by atoms with van der Waals surface area (Å²) < 4.78 is 0. The number of rotatable bonds is 9. The first kappa shape index (κ1) is 21.2. The number of nitrogens with one attached hydrogen (secondary N) is 2. The fourth-order valence-corrected chi connectivity index (χ4v) is 4.32. The molecule has 4 N–H and O–H groups in total. The second-order valence-electron chi connectivity index (χ2n) is 7.63. The van der Waals surface area contributed by atoms with E-state index in [-0.39, 0.29) is 36.2 Å². The number of amides is 4. The van der Waals surface area contributed by atoms with E-state index < -0.39 is 6.04 Å². The molecule has 8 heteroatoms. The molecule has 2 rings (SSSR count). The molecule has 2 fully saturated rings. The van der Waals surface area contributed by atoms with Crippen molar-refractivity contribution >= 4 is 23.6 Å². The predicted molar refractivity (Wildman–Crippen MR) is 100 cm³/mol. The summed E-state index contributed by atoms with van der Waals surface area (Å²) in [5, 5.41) is 5.43. The molecule has 8 nitrogen and oxygen atoms in total. The smallest absolute Gasteiger partial charge is 0.243 e. The van der Waals surface area contributed by atoms with Gasteiger partial charge >= 0.3 is 0 Å². The normalized spacial score (nSPS) is 24.2. The summed E-state index contributed by atoms with van der Waals surface area (Å²) in [7, 11) is 0. The Bertz CT molecular complexity index is 566. The molecule has 0 radical (unpaired) electrons. The van der Waals surface area contributed by atoms with Gasteiger partial charge in [0.15, 0.2) is 0 Å². The zero-order valence-electron chi connectivity index (χ0n) is 16.2. The maximum Gasteiger partial charge on any atom is 0.243 e. The van der Waals surface area contributed by atoms with Gasteiger partial charge < -0.3 is 21.3 Å². The van der Waals surface area contributed by atoms with Crippen molar-refractivity contribution in [3.63, 3.8) is 0 Å². The lowest BCUT2D eigenvalue weighted by Gasteiger charge is -2.32. The van der Waals surface area contributed by atoms with Crippen molar-refractivity contribution in [1.82, 2.24) is 15.5 Å². The Balaban J connectivity index is 1.70. The first-order chi connectivity index (χ1) is 12.9. The maximum absolute atomic E-state index is 12.6. The van der Waals surface area contributed by atoms with Crippen molar-refractivity contribution in [2.24, 2.45) is 11.7 Å². The highest BCUT2D eigenvalue weighted by Crippen LogP contribution is 2.39. The largest absolute Gasteiger partial charge is 0.370 e. The third-order valence-electron chi connectivity index (χ3n) is 5.60. The van der Waals surface area contributed by atoms with E-state index in [0.29, 0.717) is 31.7 Å². The van der Waals surface area contributed by atoms with Crippen LogP contribution in [0.1, 0.15) is 64.7 Å². The third kappa shape index (κ3) is 6.22. The summed E-state index contributed by atoms with van der Waals surface area (Å²) in [5.41, 5.74) is 5.07. The summed E-state index contributed by atoms with van der Waals surface area (Å²) >= 11 is 0. The molecule has 0 aromatic heterocycles. The zero-order valence-corrected chi connectivity index (χ0v) is 16.2. The van der Waals surface area contributed by atoms with Crippen LogP contribution in [0.5, 0.6) is 0 Å². The van der Waals surface area contributed by atoms with Crippen LogP contribution >= 0.6 is 0 Å². The number of hydrogen-bond donors (Lipinski definition) is 3. The molecule has 27 heavy (non-hydrogen) atoms. The van der Waals surface area contributed by atoms with Gasteiger partial charge in [0.05, 0.1) is 6.54 Å². The summed E-state index contributed by atoms with van der Waals surface area (Å²) in [5.74, 6) is -0.468. The van der Waals surface area contributed by atoms with Crippen LogP contribution in [0.3, 0.4) is 0 Å². The van der Waals surface area contributed by atoms with E-state index in [4.69, 9.17) is 5.73 Å². The van der Waals surface area contributed by atoms with Crippen molar-refractivity contribution in [3.8, 4) is 0 Å². The van der Waals surface area contributed by atoms with E-state index in [2.05, 4.69) is 10.6 Å². The van der Waals surface area contributed by atoms with Gasteiger partial charge in [0, 0.05) is 25.9 Å². The third-order valence-corrected chi connectivity index (χ3v) is 5.60. The van der Waals surface area contributed by atoms with E-state index in [1.165, 1.54) is 6.92 Å². The van der Waals surface area contributed by atoms with Crippen LogP contribution in [0.25, 0.3) is 0 Å². The van der Waals surface area contributed by atoms with E-state index in [1.807, 2.05) is 0 Å². The van der Waals surface area contributed by atoms with Crippen molar-refractivity contribution in [1.29, 1.82) is 0 Å². The number of hydrogen-bond acceptors (Lipinski definition) is 4. The molecular formula is C19H32N4O4. The molecule has 0 aromatic rings. The molecule has 3 atom stereocenters. The quantitative estimate of drug-likeness (QED) is 0.503. The zero-order chi connectivity index (χ0) is 19.8. The van der Waals surface area contributed by atoms with Gasteiger partial charge in [0.2, 0.25) is 23.6 Å². The fraction of sp³-hybridized carbons (Fsp3) is 0.789. The number of carbonyl (C=O) groups is 4. The molecule has 2 aliphatic rings. The van der Waals surface area contributed by atoms with Crippen molar-refractivity contribution in [2.45, 2.75) is 76.8 Å². The Hall–Kier alpha value is -2.12. The monoisotopic (exact) mass is 380 g/mol. The van der Waals surface area contributed by atoms with Gasteiger partial charge in [-0.1, -0.05) is 19.3 Å². The highest BCUT2D eigenvalue weighted by Gasteiger charge is 2.46. The molecule has 0 bridgehead atoms. The molecule has 4 amide bonds. The van der Waals surface area contributed by atoms with Crippen LogP contribution in [0.4, 0.5) is 0 Å². The number of fused-ring (bicyclic) bond motifs is 1. The van der Waals surface area contributed by atoms with Gasteiger partial charge in [-0.05, 0) is 38.0 Å². The summed E-state index contributed by atoms with van der Waals surface area (Å²) in [4.78, 5) is 48.9. The number of nitrogens with zero attached hydrogens (tertiary/aromatic N) is 1. The Kier molecular flexibility index (Phi) is 8.06. The molecule has 1 saturated heterocycles. The molecular weight excluding hydrogens is 348 g/mol. The van der Waals surface area contributed by atoms with Gasteiger partial charge in [-0.25, -0.2) is 0 Å². The van der Waals surface area contributed by atoms with E-state index >= 15 is 0 Å². The van der Waals surface area contributed by atoms with Crippen molar-refractivity contribution < 1.29 is 19.2 Å². The SMILES string of the molecule is CC(=O)N1C(C(=O)NCC(=O)NCCCCCC(N)=O)CC2CCCCC21. The second kappa shape index (κ2) is 10.3. The molecule has 1 heterocycles. The number of nitrogens with two attached hydrogens (primary N) is 1. The van der Waals surface area contributed by atoms with Gasteiger partial charge in [0.1, 0.15) is 6.04 Å². The molecule has 1 aliphatic carbocycles. The minimum Gasteiger partial charge on any atom is -0.370 e. The molecule has 0 aromatic carbocycles. The summed E-state index contributed by atoms with van der Waals surface area (Å²) in [6.45, 7) is 1.93. The van der Waals surface area contributed by atoms with Crippen LogP contribution in [0, 0.1) is 5.92 Å². The first-order valence-corrected chi connectivity index (χ1v) is 10.0. The second-order valence-corrected chi connectivity index (χ2v) is 7.63. The van der Waals surface area contributed by atoms with Crippen LogP contribution in [-0.2, 0) is 19.2 Å². The summed E-state index contributed by atoms with van der Waals surface area (Å²) in [6, 6.07) is -0.293. The lowest BCUT2D eigenvalue weighted by Crippen LogP contribution is -2.50. The van der Waals surface area contributed by atoms with Gasteiger partial charge in [-0.15, -0.1) is 0 Å². The van der Waals surface area contributed by atoms with Crippen molar-refractivity contribution in [3.05, 3.63) is 0 Å². The Labute approximate surface area is 160 Å². The van der Waals surface area contributed by atoms with E-state index in [1.54, 1.807) is 4.90 Å². The number of carbonyl (C=O) groups excluding carboxylic acids is 4. The predicted octanol–water partition coefficient (Wildman–Crippen LogP) is 0.444. The minimum atomic E-state index is -0.461. The van der Waals surface area contributed by atoms with Gasteiger partial charge in [-0.3, -0.25) is 19.2 Å². The van der Waals surface area contributed by atoms with Gasteiger partial charge in [0.25, 0.3) is 0 Å².